The summed E-state index contributed by atoms with van der Waals surface area (Å²) in [4.78, 5) is 11.8. The average Bonchev–Trinajstić information content (AvgIpc) is 2.35. The minimum Gasteiger partial charge on any atom is -0.385 e. The van der Waals surface area contributed by atoms with E-state index >= 15 is 0 Å². The lowest BCUT2D eigenvalue weighted by atomic mass is 10.2. The third-order valence-corrected chi connectivity index (χ3v) is 3.47. The van der Waals surface area contributed by atoms with E-state index in [9.17, 15) is 13.2 Å². The van der Waals surface area contributed by atoms with E-state index in [0.717, 1.165) is 0 Å². The molecule has 0 spiro atoms. The number of ether oxygens (including phenoxy) is 1. The van der Waals surface area contributed by atoms with E-state index in [0.29, 0.717) is 13.0 Å². The van der Waals surface area contributed by atoms with Crippen LogP contribution in [0.1, 0.15) is 23.7 Å². The highest BCUT2D eigenvalue weighted by molar-refractivity contribution is 7.89. The molecular weight excluding hydrogens is 268 g/mol. The van der Waals surface area contributed by atoms with Gasteiger partial charge in [-0.15, -0.1) is 0 Å². The molecule has 0 aliphatic carbocycles. The van der Waals surface area contributed by atoms with Gasteiger partial charge in [-0.1, -0.05) is 6.07 Å². The third kappa shape index (κ3) is 4.98. The second-order valence-electron chi connectivity index (χ2n) is 4.23. The first-order valence-corrected chi connectivity index (χ1v) is 7.32. The Kier molecular flexibility index (Phi) is 5.46. The molecule has 1 unspecified atom stereocenters. The van der Waals surface area contributed by atoms with Crippen LogP contribution in [0.3, 0.4) is 0 Å². The number of hydrogen-bond acceptors (Lipinski definition) is 4. The molecule has 3 N–H and O–H groups in total. The van der Waals surface area contributed by atoms with Gasteiger partial charge in [0.2, 0.25) is 10.0 Å². The molecule has 0 fully saturated rings. The predicted octanol–water partition coefficient (Wildman–Crippen LogP) is 0.489. The van der Waals surface area contributed by atoms with Crippen molar-refractivity contribution in [3.8, 4) is 0 Å². The Bertz CT molecular complexity index is 542. The second kappa shape index (κ2) is 6.65. The Labute approximate surface area is 113 Å². The quantitative estimate of drug-likeness (QED) is 0.795. The average molecular weight is 286 g/mol. The van der Waals surface area contributed by atoms with Crippen LogP contribution in [0.25, 0.3) is 0 Å². The van der Waals surface area contributed by atoms with Crippen molar-refractivity contribution in [2.75, 3.05) is 13.7 Å². The van der Waals surface area contributed by atoms with Gasteiger partial charge >= 0.3 is 0 Å². The molecule has 0 saturated carbocycles. The van der Waals surface area contributed by atoms with Gasteiger partial charge in [0.15, 0.2) is 0 Å². The first-order valence-electron chi connectivity index (χ1n) is 5.77. The summed E-state index contributed by atoms with van der Waals surface area (Å²) in [5, 5.41) is 7.77. The van der Waals surface area contributed by atoms with Crippen LogP contribution in [0.5, 0.6) is 0 Å². The lowest BCUT2D eigenvalue weighted by molar-refractivity contribution is 0.0929. The molecule has 106 valence electrons. The number of methoxy groups -OCH3 is 1. The van der Waals surface area contributed by atoms with Crippen LogP contribution in [0.2, 0.25) is 0 Å². The minimum absolute atomic E-state index is 0.0643. The Morgan fingerprint density at radius 3 is 2.74 bits per heavy atom. The summed E-state index contributed by atoms with van der Waals surface area (Å²) in [7, 11) is -2.21. The summed E-state index contributed by atoms with van der Waals surface area (Å²) in [6, 6.07) is 5.56. The van der Waals surface area contributed by atoms with Gasteiger partial charge in [-0.3, -0.25) is 4.79 Å². The van der Waals surface area contributed by atoms with E-state index in [4.69, 9.17) is 9.88 Å². The van der Waals surface area contributed by atoms with Crippen LogP contribution in [-0.2, 0) is 14.8 Å². The molecule has 1 aromatic rings. The lowest BCUT2D eigenvalue weighted by Gasteiger charge is -2.13. The zero-order chi connectivity index (χ0) is 14.5. The van der Waals surface area contributed by atoms with E-state index in [-0.39, 0.29) is 22.4 Å². The van der Waals surface area contributed by atoms with Crippen molar-refractivity contribution in [1.29, 1.82) is 0 Å². The summed E-state index contributed by atoms with van der Waals surface area (Å²) in [6.45, 7) is 2.39. The molecule has 1 atom stereocenters. The second-order valence-corrected chi connectivity index (χ2v) is 5.79. The zero-order valence-electron chi connectivity index (χ0n) is 10.9. The molecular formula is C12H18N2O4S. The lowest BCUT2D eigenvalue weighted by Crippen LogP contribution is -2.33. The van der Waals surface area contributed by atoms with Crippen molar-refractivity contribution in [3.05, 3.63) is 29.8 Å². The topological polar surface area (TPSA) is 98.5 Å². The largest absolute Gasteiger partial charge is 0.385 e. The Morgan fingerprint density at radius 1 is 1.47 bits per heavy atom. The maximum Gasteiger partial charge on any atom is 0.251 e. The van der Waals surface area contributed by atoms with Gasteiger partial charge in [-0.05, 0) is 31.5 Å². The highest BCUT2D eigenvalue weighted by Gasteiger charge is 2.13. The van der Waals surface area contributed by atoms with Crippen LogP contribution >= 0.6 is 0 Å². The van der Waals surface area contributed by atoms with Gasteiger partial charge in [0.1, 0.15) is 0 Å². The van der Waals surface area contributed by atoms with Crippen molar-refractivity contribution < 1.29 is 17.9 Å². The van der Waals surface area contributed by atoms with Crippen molar-refractivity contribution in [2.45, 2.75) is 24.3 Å². The summed E-state index contributed by atoms with van der Waals surface area (Å²) in [5.74, 6) is -0.339. The van der Waals surface area contributed by atoms with Gasteiger partial charge in [0, 0.05) is 25.3 Å². The van der Waals surface area contributed by atoms with Gasteiger partial charge in [-0.2, -0.15) is 0 Å². The molecule has 0 bridgehead atoms. The summed E-state index contributed by atoms with van der Waals surface area (Å²) in [5.41, 5.74) is 0.260. The first-order chi connectivity index (χ1) is 8.84. The fourth-order valence-electron chi connectivity index (χ4n) is 1.49. The SMILES string of the molecule is COCCC(C)NC(=O)c1cccc(S(N)(=O)=O)c1. The van der Waals surface area contributed by atoms with Crippen LogP contribution < -0.4 is 10.5 Å². The molecule has 1 aromatic carbocycles. The Morgan fingerprint density at radius 2 is 2.16 bits per heavy atom. The molecule has 0 aromatic heterocycles. The molecule has 0 heterocycles. The van der Waals surface area contributed by atoms with E-state index in [1.165, 1.54) is 24.3 Å². The highest BCUT2D eigenvalue weighted by atomic mass is 32.2. The van der Waals surface area contributed by atoms with Crippen LogP contribution in [-0.4, -0.2) is 34.1 Å². The van der Waals surface area contributed by atoms with Crippen LogP contribution in [0.15, 0.2) is 29.2 Å². The monoisotopic (exact) mass is 286 g/mol. The van der Waals surface area contributed by atoms with Crippen molar-refractivity contribution in [2.24, 2.45) is 5.14 Å². The minimum atomic E-state index is -3.80. The number of carbonyl (C=O) groups is 1. The maximum atomic E-state index is 11.9. The van der Waals surface area contributed by atoms with E-state index in [2.05, 4.69) is 5.32 Å². The van der Waals surface area contributed by atoms with Crippen LogP contribution in [0.4, 0.5) is 0 Å². The number of nitrogens with two attached hydrogens (primary N) is 1. The van der Waals surface area contributed by atoms with Crippen molar-refractivity contribution in [3.63, 3.8) is 0 Å². The smallest absolute Gasteiger partial charge is 0.251 e. The molecule has 0 saturated heterocycles. The van der Waals surface area contributed by atoms with Crippen LogP contribution in [0, 0.1) is 0 Å². The van der Waals surface area contributed by atoms with E-state index in [1.54, 1.807) is 7.11 Å². The molecule has 7 heteroatoms. The summed E-state index contributed by atoms with van der Waals surface area (Å²) in [6.07, 6.45) is 0.678. The molecule has 0 radical (unpaired) electrons. The van der Waals surface area contributed by atoms with Crippen molar-refractivity contribution in [1.82, 2.24) is 5.32 Å². The van der Waals surface area contributed by atoms with E-state index < -0.39 is 10.0 Å². The van der Waals surface area contributed by atoms with Gasteiger partial charge < -0.3 is 10.1 Å². The number of hydrogen-bond donors (Lipinski definition) is 2. The highest BCUT2D eigenvalue weighted by Crippen LogP contribution is 2.10. The summed E-state index contributed by atoms with van der Waals surface area (Å²) < 4.78 is 27.3. The number of amides is 1. The van der Waals surface area contributed by atoms with Crippen molar-refractivity contribution >= 4 is 15.9 Å². The Hall–Kier alpha value is -1.44. The maximum absolute atomic E-state index is 11.9. The van der Waals surface area contributed by atoms with E-state index in [1.807, 2.05) is 6.92 Å². The van der Waals surface area contributed by atoms with Gasteiger partial charge in [0.25, 0.3) is 5.91 Å². The summed E-state index contributed by atoms with van der Waals surface area (Å²) >= 11 is 0. The fourth-order valence-corrected chi connectivity index (χ4v) is 2.05. The molecule has 6 nitrogen and oxygen atoms in total. The number of benzene rings is 1. The zero-order valence-corrected chi connectivity index (χ0v) is 11.7. The molecule has 0 aliphatic heterocycles. The molecule has 19 heavy (non-hydrogen) atoms. The Balaban J connectivity index is 2.78. The number of nitrogens with one attached hydrogen (secondary N) is 1. The third-order valence-electron chi connectivity index (χ3n) is 2.56. The number of carbonyl (C=O) groups excluding carboxylic acids is 1. The number of primary sulfonamides is 1. The fraction of sp³-hybridized carbons (Fsp3) is 0.417. The number of rotatable bonds is 6. The predicted molar refractivity (Wildman–Crippen MR) is 71.2 cm³/mol. The molecule has 1 amide bonds. The molecule has 0 aliphatic rings. The standard InChI is InChI=1S/C12H18N2O4S/c1-9(6-7-18-2)14-12(15)10-4-3-5-11(8-10)19(13,16)17/h3-5,8-9H,6-7H2,1-2H3,(H,14,15)(H2,13,16,17). The normalized spacial score (nSPS) is 13.0. The van der Waals surface area contributed by atoms with Gasteiger partial charge in [-0.25, -0.2) is 13.6 Å². The number of sulfonamides is 1. The molecule has 1 rings (SSSR count). The van der Waals surface area contributed by atoms with Gasteiger partial charge in [0.05, 0.1) is 4.90 Å². The first kappa shape index (κ1) is 15.6.